The minimum Gasteiger partial charge on any atom is -0.479 e. The van der Waals surface area contributed by atoms with Crippen molar-refractivity contribution in [2.24, 2.45) is 5.73 Å². The van der Waals surface area contributed by atoms with Gasteiger partial charge in [-0.05, 0) is 18.2 Å². The van der Waals surface area contributed by atoms with Crippen LogP contribution in [0.1, 0.15) is 0 Å². The highest BCUT2D eigenvalue weighted by molar-refractivity contribution is 6.30. The number of hydrogen-bond donors (Lipinski definition) is 1. The molecule has 10 heavy (non-hydrogen) atoms. The van der Waals surface area contributed by atoms with Gasteiger partial charge in [-0.1, -0.05) is 17.7 Å². The van der Waals surface area contributed by atoms with E-state index in [2.05, 4.69) is 0 Å². The Bertz CT molecular complexity index is 215. The molecule has 0 saturated carbocycles. The van der Waals surface area contributed by atoms with Crippen LogP contribution in [-0.4, -0.2) is 6.73 Å². The van der Waals surface area contributed by atoms with Gasteiger partial charge in [0.25, 0.3) is 0 Å². The first kappa shape index (κ1) is 7.38. The van der Waals surface area contributed by atoms with Crippen molar-refractivity contribution in [1.82, 2.24) is 0 Å². The van der Waals surface area contributed by atoms with Crippen molar-refractivity contribution in [3.05, 3.63) is 29.3 Å². The highest BCUT2D eigenvalue weighted by Gasteiger charge is 1.90. The van der Waals surface area contributed by atoms with E-state index in [0.29, 0.717) is 10.8 Å². The SMILES string of the molecule is NCOc1cccc(Cl)c1. The number of rotatable bonds is 2. The summed E-state index contributed by atoms with van der Waals surface area (Å²) in [7, 11) is 0. The van der Waals surface area contributed by atoms with Crippen LogP contribution in [0.5, 0.6) is 5.75 Å². The largest absolute Gasteiger partial charge is 0.479 e. The first-order chi connectivity index (χ1) is 4.83. The molecule has 0 bridgehead atoms. The fraction of sp³-hybridized carbons (Fsp3) is 0.143. The summed E-state index contributed by atoms with van der Waals surface area (Å²) in [5.74, 6) is 0.704. The summed E-state index contributed by atoms with van der Waals surface area (Å²) in [6.07, 6.45) is 0. The molecule has 0 atom stereocenters. The van der Waals surface area contributed by atoms with Crippen LogP contribution in [0.25, 0.3) is 0 Å². The summed E-state index contributed by atoms with van der Waals surface area (Å²) in [5.41, 5.74) is 5.15. The number of hydrogen-bond acceptors (Lipinski definition) is 2. The van der Waals surface area contributed by atoms with Gasteiger partial charge in [0.2, 0.25) is 0 Å². The summed E-state index contributed by atoms with van der Waals surface area (Å²) < 4.78 is 4.98. The van der Waals surface area contributed by atoms with E-state index in [9.17, 15) is 0 Å². The molecule has 54 valence electrons. The van der Waals surface area contributed by atoms with Gasteiger partial charge < -0.3 is 4.74 Å². The van der Waals surface area contributed by atoms with Crippen molar-refractivity contribution in [3.8, 4) is 5.75 Å². The Hall–Kier alpha value is -0.730. The van der Waals surface area contributed by atoms with E-state index in [4.69, 9.17) is 22.1 Å². The van der Waals surface area contributed by atoms with E-state index in [-0.39, 0.29) is 6.73 Å². The molecule has 1 aromatic rings. The third-order valence-electron chi connectivity index (χ3n) is 1.05. The Balaban J connectivity index is 2.75. The third kappa shape index (κ3) is 1.90. The van der Waals surface area contributed by atoms with Crippen LogP contribution < -0.4 is 10.5 Å². The number of nitrogens with two attached hydrogens (primary N) is 1. The van der Waals surface area contributed by atoms with Gasteiger partial charge in [0, 0.05) is 5.02 Å². The van der Waals surface area contributed by atoms with Gasteiger partial charge in [0.15, 0.2) is 0 Å². The van der Waals surface area contributed by atoms with E-state index >= 15 is 0 Å². The first-order valence-electron chi connectivity index (χ1n) is 2.91. The first-order valence-corrected chi connectivity index (χ1v) is 3.29. The number of benzene rings is 1. The molecule has 3 heteroatoms. The highest BCUT2D eigenvalue weighted by Crippen LogP contribution is 2.16. The fourth-order valence-corrected chi connectivity index (χ4v) is 0.833. The van der Waals surface area contributed by atoms with Crippen LogP contribution in [0, 0.1) is 0 Å². The smallest absolute Gasteiger partial charge is 0.137 e. The molecule has 0 fully saturated rings. The van der Waals surface area contributed by atoms with Crippen molar-refractivity contribution in [2.45, 2.75) is 0 Å². The monoisotopic (exact) mass is 157 g/mol. The van der Waals surface area contributed by atoms with Crippen molar-refractivity contribution < 1.29 is 4.74 Å². The third-order valence-corrected chi connectivity index (χ3v) is 1.28. The van der Waals surface area contributed by atoms with Crippen molar-refractivity contribution in [1.29, 1.82) is 0 Å². The molecule has 0 radical (unpaired) electrons. The Morgan fingerprint density at radius 1 is 1.50 bits per heavy atom. The Morgan fingerprint density at radius 2 is 2.30 bits per heavy atom. The average Bonchev–Trinajstić information content (AvgIpc) is 1.88. The zero-order valence-corrected chi connectivity index (χ0v) is 6.14. The zero-order chi connectivity index (χ0) is 7.40. The second-order valence-corrected chi connectivity index (χ2v) is 2.20. The van der Waals surface area contributed by atoms with E-state index < -0.39 is 0 Å². The molecule has 0 spiro atoms. The molecule has 0 aliphatic heterocycles. The average molecular weight is 158 g/mol. The van der Waals surface area contributed by atoms with Gasteiger partial charge in [0.1, 0.15) is 12.5 Å². The van der Waals surface area contributed by atoms with Crippen LogP contribution in [0.2, 0.25) is 5.02 Å². The van der Waals surface area contributed by atoms with Gasteiger partial charge in [-0.15, -0.1) is 0 Å². The second-order valence-electron chi connectivity index (χ2n) is 1.77. The maximum atomic E-state index is 5.66. The molecular weight excluding hydrogens is 150 g/mol. The number of halogens is 1. The summed E-state index contributed by atoms with van der Waals surface area (Å²) in [4.78, 5) is 0. The van der Waals surface area contributed by atoms with Crippen LogP contribution in [-0.2, 0) is 0 Å². The minimum absolute atomic E-state index is 0.181. The van der Waals surface area contributed by atoms with Crippen LogP contribution in [0.15, 0.2) is 24.3 Å². The normalized spacial score (nSPS) is 9.40. The highest BCUT2D eigenvalue weighted by atomic mass is 35.5. The summed E-state index contributed by atoms with van der Waals surface area (Å²) in [6.45, 7) is 0.181. The lowest BCUT2D eigenvalue weighted by molar-refractivity contribution is 0.329. The molecule has 0 unspecified atom stereocenters. The van der Waals surface area contributed by atoms with Gasteiger partial charge in [0.05, 0.1) is 0 Å². The quantitative estimate of drug-likeness (QED) is 0.663. The Morgan fingerprint density at radius 3 is 2.90 bits per heavy atom. The molecule has 0 amide bonds. The lowest BCUT2D eigenvalue weighted by Crippen LogP contribution is -2.06. The number of ether oxygens (including phenoxy) is 1. The van der Waals surface area contributed by atoms with E-state index in [1.54, 1.807) is 18.2 Å². The van der Waals surface area contributed by atoms with E-state index in [1.165, 1.54) is 0 Å². The second kappa shape index (κ2) is 3.44. The summed E-state index contributed by atoms with van der Waals surface area (Å²) in [5, 5.41) is 0.658. The Kier molecular flexibility index (Phi) is 2.54. The predicted molar refractivity (Wildman–Crippen MR) is 41.1 cm³/mol. The zero-order valence-electron chi connectivity index (χ0n) is 5.38. The van der Waals surface area contributed by atoms with Crippen LogP contribution >= 0.6 is 11.6 Å². The fourth-order valence-electron chi connectivity index (χ4n) is 0.653. The lowest BCUT2D eigenvalue weighted by atomic mass is 10.3. The van der Waals surface area contributed by atoms with E-state index in [0.717, 1.165) is 0 Å². The maximum absolute atomic E-state index is 5.66. The molecule has 1 aromatic carbocycles. The summed E-state index contributed by atoms with van der Waals surface area (Å²) in [6, 6.07) is 7.12. The molecule has 0 saturated heterocycles. The minimum atomic E-state index is 0.181. The van der Waals surface area contributed by atoms with Gasteiger partial charge in [-0.2, -0.15) is 0 Å². The molecule has 1 rings (SSSR count). The van der Waals surface area contributed by atoms with Crippen molar-refractivity contribution >= 4 is 11.6 Å². The molecule has 0 aromatic heterocycles. The van der Waals surface area contributed by atoms with Crippen LogP contribution in [0.4, 0.5) is 0 Å². The molecule has 0 heterocycles. The molecule has 0 aliphatic carbocycles. The van der Waals surface area contributed by atoms with Crippen molar-refractivity contribution in [3.63, 3.8) is 0 Å². The molecule has 2 N–H and O–H groups in total. The maximum Gasteiger partial charge on any atom is 0.137 e. The standard InChI is InChI=1S/C7H8ClNO/c8-6-2-1-3-7(4-6)10-5-9/h1-4H,5,9H2. The predicted octanol–water partition coefficient (Wildman–Crippen LogP) is 1.64. The van der Waals surface area contributed by atoms with Gasteiger partial charge >= 0.3 is 0 Å². The molecular formula is C7H8ClNO. The Labute approximate surface area is 64.6 Å². The van der Waals surface area contributed by atoms with E-state index in [1.807, 2.05) is 6.07 Å². The van der Waals surface area contributed by atoms with Gasteiger partial charge in [-0.25, -0.2) is 0 Å². The summed E-state index contributed by atoms with van der Waals surface area (Å²) >= 11 is 5.66. The van der Waals surface area contributed by atoms with Gasteiger partial charge in [-0.3, -0.25) is 5.73 Å². The lowest BCUT2D eigenvalue weighted by Gasteiger charge is -2.00. The topological polar surface area (TPSA) is 35.2 Å². The van der Waals surface area contributed by atoms with Crippen LogP contribution in [0.3, 0.4) is 0 Å². The van der Waals surface area contributed by atoms with Crippen molar-refractivity contribution in [2.75, 3.05) is 6.73 Å². The molecule has 2 nitrogen and oxygen atoms in total. The molecule has 0 aliphatic rings.